The monoisotopic (exact) mass is 322 g/mol. The molecule has 0 aliphatic carbocycles. The van der Waals surface area contributed by atoms with Crippen LogP contribution in [-0.4, -0.2) is 38.3 Å². The van der Waals surface area contributed by atoms with E-state index < -0.39 is 0 Å². The summed E-state index contributed by atoms with van der Waals surface area (Å²) < 4.78 is 6.82. The SMILES string of the molecule is Cc1cnn(C[C@H]2CCCN2C(=O)Cc2c(C)noc2Cl)c1. The van der Waals surface area contributed by atoms with Crippen molar-refractivity contribution >= 4 is 17.5 Å². The number of aromatic nitrogens is 3. The third kappa shape index (κ3) is 3.02. The van der Waals surface area contributed by atoms with Crippen LogP contribution in [0, 0.1) is 13.8 Å². The quantitative estimate of drug-likeness (QED) is 0.867. The molecule has 0 N–H and O–H groups in total. The number of halogens is 1. The summed E-state index contributed by atoms with van der Waals surface area (Å²) in [6.07, 6.45) is 6.10. The van der Waals surface area contributed by atoms with Gasteiger partial charge in [-0.15, -0.1) is 0 Å². The average Bonchev–Trinajstić information content (AvgIpc) is 3.17. The van der Waals surface area contributed by atoms with Gasteiger partial charge in [-0.25, -0.2) is 0 Å². The molecule has 1 saturated heterocycles. The maximum absolute atomic E-state index is 12.6. The fourth-order valence-corrected chi connectivity index (χ4v) is 3.19. The molecule has 2 aromatic heterocycles. The van der Waals surface area contributed by atoms with Crippen LogP contribution >= 0.6 is 11.6 Å². The average molecular weight is 323 g/mol. The summed E-state index contributed by atoms with van der Waals surface area (Å²) in [5.74, 6) is 0.0691. The van der Waals surface area contributed by atoms with E-state index in [0.29, 0.717) is 11.3 Å². The van der Waals surface area contributed by atoms with Gasteiger partial charge < -0.3 is 9.42 Å². The summed E-state index contributed by atoms with van der Waals surface area (Å²) in [6.45, 7) is 5.32. The van der Waals surface area contributed by atoms with E-state index in [2.05, 4.69) is 10.3 Å². The number of aryl methyl sites for hydroxylation is 2. The number of likely N-dealkylation sites (tertiary alicyclic amines) is 1. The predicted octanol–water partition coefficient (Wildman–Crippen LogP) is 2.38. The zero-order valence-electron chi connectivity index (χ0n) is 12.8. The molecule has 0 unspecified atom stereocenters. The number of amides is 1. The highest BCUT2D eigenvalue weighted by atomic mass is 35.5. The third-order valence-corrected chi connectivity index (χ3v) is 4.42. The van der Waals surface area contributed by atoms with Gasteiger partial charge in [0.05, 0.1) is 30.9 Å². The van der Waals surface area contributed by atoms with Crippen LogP contribution in [0.15, 0.2) is 16.9 Å². The number of hydrogen-bond donors (Lipinski definition) is 0. The zero-order valence-corrected chi connectivity index (χ0v) is 13.5. The first-order chi connectivity index (χ1) is 10.5. The highest BCUT2D eigenvalue weighted by molar-refractivity contribution is 6.29. The first-order valence-corrected chi connectivity index (χ1v) is 7.81. The van der Waals surface area contributed by atoms with Gasteiger partial charge in [-0.3, -0.25) is 9.48 Å². The van der Waals surface area contributed by atoms with Crippen molar-refractivity contribution in [3.8, 4) is 0 Å². The van der Waals surface area contributed by atoms with E-state index in [1.165, 1.54) is 0 Å². The number of nitrogens with zero attached hydrogens (tertiary/aromatic N) is 4. The maximum atomic E-state index is 12.6. The summed E-state index contributed by atoms with van der Waals surface area (Å²) in [4.78, 5) is 14.5. The molecule has 1 aliphatic rings. The van der Waals surface area contributed by atoms with Crippen molar-refractivity contribution < 1.29 is 9.32 Å². The molecule has 0 aromatic carbocycles. The Labute approximate surface area is 134 Å². The van der Waals surface area contributed by atoms with Crippen molar-refractivity contribution in [3.05, 3.63) is 34.4 Å². The van der Waals surface area contributed by atoms with Gasteiger partial charge >= 0.3 is 0 Å². The Kier molecular flexibility index (Phi) is 4.20. The van der Waals surface area contributed by atoms with Gasteiger partial charge in [0, 0.05) is 18.3 Å². The van der Waals surface area contributed by atoms with Crippen LogP contribution in [0.25, 0.3) is 0 Å². The smallest absolute Gasteiger partial charge is 0.229 e. The standard InChI is InChI=1S/C15H19ClN4O2/c1-10-7-17-19(8-10)9-12-4-3-5-20(12)14(21)6-13-11(2)18-22-15(13)16/h7-8,12H,3-6,9H2,1-2H3/t12-/m1/s1. The fraction of sp³-hybridized carbons (Fsp3) is 0.533. The zero-order chi connectivity index (χ0) is 15.7. The van der Waals surface area contributed by atoms with Gasteiger partial charge in [0.1, 0.15) is 0 Å². The molecule has 118 valence electrons. The minimum atomic E-state index is 0.0691. The minimum absolute atomic E-state index is 0.0691. The molecule has 2 aromatic rings. The van der Waals surface area contributed by atoms with Crippen LogP contribution in [0.3, 0.4) is 0 Å². The second kappa shape index (κ2) is 6.12. The molecular formula is C15H19ClN4O2. The summed E-state index contributed by atoms with van der Waals surface area (Å²) >= 11 is 5.95. The van der Waals surface area contributed by atoms with Crippen molar-refractivity contribution in [2.24, 2.45) is 0 Å². The van der Waals surface area contributed by atoms with Crippen LogP contribution in [0.5, 0.6) is 0 Å². The lowest BCUT2D eigenvalue weighted by atomic mass is 10.1. The number of carbonyl (C=O) groups is 1. The summed E-state index contributed by atoms with van der Waals surface area (Å²) in [7, 11) is 0. The molecule has 22 heavy (non-hydrogen) atoms. The van der Waals surface area contributed by atoms with Crippen LogP contribution < -0.4 is 0 Å². The van der Waals surface area contributed by atoms with Crippen molar-refractivity contribution in [1.29, 1.82) is 0 Å². The predicted molar refractivity (Wildman–Crippen MR) is 81.7 cm³/mol. The first kappa shape index (κ1) is 15.1. The Bertz CT molecular complexity index is 659. The summed E-state index contributed by atoms with van der Waals surface area (Å²) in [5, 5.41) is 8.32. The van der Waals surface area contributed by atoms with Gasteiger partial charge in [-0.1, -0.05) is 5.16 Å². The highest BCUT2D eigenvalue weighted by Gasteiger charge is 2.30. The molecule has 0 saturated carbocycles. The molecule has 1 aliphatic heterocycles. The fourth-order valence-electron chi connectivity index (χ4n) is 2.95. The Hall–Kier alpha value is -1.82. The molecule has 1 atom stereocenters. The number of hydrogen-bond acceptors (Lipinski definition) is 4. The lowest BCUT2D eigenvalue weighted by Gasteiger charge is -2.24. The van der Waals surface area contributed by atoms with Crippen molar-refractivity contribution in [2.45, 2.75) is 45.7 Å². The van der Waals surface area contributed by atoms with Crippen LogP contribution in [0.1, 0.15) is 29.7 Å². The summed E-state index contributed by atoms with van der Waals surface area (Å²) in [6, 6.07) is 0.186. The van der Waals surface area contributed by atoms with E-state index in [1.807, 2.05) is 28.9 Å². The minimum Gasteiger partial charge on any atom is -0.344 e. The second-order valence-electron chi connectivity index (χ2n) is 5.82. The highest BCUT2D eigenvalue weighted by Crippen LogP contribution is 2.24. The van der Waals surface area contributed by atoms with Crippen molar-refractivity contribution in [3.63, 3.8) is 0 Å². The lowest BCUT2D eigenvalue weighted by molar-refractivity contribution is -0.131. The van der Waals surface area contributed by atoms with Crippen molar-refractivity contribution in [2.75, 3.05) is 6.54 Å². The molecule has 3 rings (SSSR count). The molecule has 0 radical (unpaired) electrons. The van der Waals surface area contributed by atoms with Crippen LogP contribution in [0.4, 0.5) is 0 Å². The Balaban J connectivity index is 1.68. The largest absolute Gasteiger partial charge is 0.344 e. The molecule has 0 bridgehead atoms. The molecule has 1 amide bonds. The lowest BCUT2D eigenvalue weighted by Crippen LogP contribution is -2.39. The van der Waals surface area contributed by atoms with E-state index in [4.69, 9.17) is 16.1 Å². The Morgan fingerprint density at radius 1 is 1.50 bits per heavy atom. The molecule has 6 nitrogen and oxygen atoms in total. The molecular weight excluding hydrogens is 304 g/mol. The van der Waals surface area contributed by atoms with Crippen molar-refractivity contribution in [1.82, 2.24) is 19.8 Å². The summed E-state index contributed by atoms with van der Waals surface area (Å²) in [5.41, 5.74) is 2.49. The second-order valence-corrected chi connectivity index (χ2v) is 6.16. The van der Waals surface area contributed by atoms with Gasteiger partial charge in [0.2, 0.25) is 11.1 Å². The normalized spacial score (nSPS) is 18.1. The third-order valence-electron chi connectivity index (χ3n) is 4.12. The number of carbonyl (C=O) groups excluding carboxylic acids is 1. The van der Waals surface area contributed by atoms with E-state index in [9.17, 15) is 4.79 Å². The molecule has 3 heterocycles. The topological polar surface area (TPSA) is 64.2 Å². The van der Waals surface area contributed by atoms with Gasteiger partial charge in [0.25, 0.3) is 0 Å². The van der Waals surface area contributed by atoms with Gasteiger partial charge in [-0.2, -0.15) is 5.10 Å². The molecule has 0 spiro atoms. The van der Waals surface area contributed by atoms with E-state index >= 15 is 0 Å². The van der Waals surface area contributed by atoms with Crippen LogP contribution in [-0.2, 0) is 17.8 Å². The van der Waals surface area contributed by atoms with Crippen LogP contribution in [0.2, 0.25) is 5.22 Å². The first-order valence-electron chi connectivity index (χ1n) is 7.44. The van der Waals surface area contributed by atoms with E-state index in [-0.39, 0.29) is 23.6 Å². The Morgan fingerprint density at radius 2 is 2.32 bits per heavy atom. The number of rotatable bonds is 4. The Morgan fingerprint density at radius 3 is 2.95 bits per heavy atom. The van der Waals surface area contributed by atoms with E-state index in [1.54, 1.807) is 6.92 Å². The molecule has 7 heteroatoms. The van der Waals surface area contributed by atoms with E-state index in [0.717, 1.165) is 31.5 Å². The maximum Gasteiger partial charge on any atom is 0.229 e. The van der Waals surface area contributed by atoms with Gasteiger partial charge in [0.15, 0.2) is 0 Å². The molecule has 1 fully saturated rings. The van der Waals surface area contributed by atoms with Gasteiger partial charge in [-0.05, 0) is 43.9 Å².